The molecular formula is C56H37N3. The van der Waals surface area contributed by atoms with E-state index in [1.54, 1.807) is 0 Å². The van der Waals surface area contributed by atoms with Crippen LogP contribution in [0.1, 0.15) is 5.56 Å². The van der Waals surface area contributed by atoms with Gasteiger partial charge in [-0.25, -0.2) is 4.98 Å². The lowest BCUT2D eigenvalue weighted by molar-refractivity contribution is 0.663. The number of benzene rings is 8. The fourth-order valence-electron chi connectivity index (χ4n) is 9.42. The second-order valence-corrected chi connectivity index (χ2v) is 15.7. The zero-order chi connectivity index (χ0) is 38.9. The molecular weight excluding hydrogens is 715 g/mol. The molecule has 10 aromatic rings. The topological polar surface area (TPSA) is 30.7 Å². The normalized spacial score (nSPS) is 16.0. The van der Waals surface area contributed by atoms with Crippen LogP contribution >= 0.6 is 0 Å². The standard InChI is InChI=1S/C56H37N3/c1-2-13-37-30-42(27-26-36(37)12-1)43-28-29-54-51(34-43)48-22-7-8-25-53(48)59(54)45-19-11-17-41(33-45)39-15-9-14-38(31-39)40-16-10-18-44(32-40)52-35-57-55-49-23-5-3-20-46(49)47-21-4-6-24-50(47)56(55)58-52/h1-37H. The van der Waals surface area contributed by atoms with Crippen molar-refractivity contribution in [2.24, 2.45) is 11.8 Å². The molecule has 0 saturated carbocycles. The molecule has 0 amide bonds. The molecule has 0 bridgehead atoms. The van der Waals surface area contributed by atoms with E-state index in [2.05, 4.69) is 211 Å². The van der Waals surface area contributed by atoms with Gasteiger partial charge >= 0.3 is 0 Å². The van der Waals surface area contributed by atoms with E-state index in [4.69, 9.17) is 9.97 Å². The van der Waals surface area contributed by atoms with Crippen LogP contribution in [0.5, 0.6) is 0 Å². The molecule has 0 saturated heterocycles. The van der Waals surface area contributed by atoms with E-state index in [-0.39, 0.29) is 0 Å². The number of nitrogens with zero attached hydrogens (tertiary/aromatic N) is 3. The third-order valence-electron chi connectivity index (χ3n) is 12.3. The van der Waals surface area contributed by atoms with Crippen molar-refractivity contribution in [3.05, 3.63) is 218 Å². The number of fused-ring (bicyclic) bond motifs is 10. The van der Waals surface area contributed by atoms with Crippen LogP contribution in [0.25, 0.3) is 99.2 Å². The van der Waals surface area contributed by atoms with Gasteiger partial charge in [-0.15, -0.1) is 0 Å². The summed E-state index contributed by atoms with van der Waals surface area (Å²) in [7, 11) is 0. The quantitative estimate of drug-likeness (QED) is 0.164. The molecule has 2 unspecified atom stereocenters. The van der Waals surface area contributed by atoms with Crippen molar-refractivity contribution < 1.29 is 0 Å². The molecule has 276 valence electrons. The SMILES string of the molecule is C1=CC2C=CC(c3ccc4c(c3)c3ccccc3n4-c3cccc(-c4cccc(-c5cccc(-c6cnc7c8ccccc8c8ccccc8c7n6)c5)c4)c3)=CC2C=C1. The second-order valence-electron chi connectivity index (χ2n) is 15.7. The van der Waals surface area contributed by atoms with E-state index in [0.717, 1.165) is 49.9 Å². The molecule has 2 aliphatic rings. The Kier molecular flexibility index (Phi) is 7.67. The predicted octanol–water partition coefficient (Wildman–Crippen LogP) is 14.3. The molecule has 0 radical (unpaired) electrons. The van der Waals surface area contributed by atoms with Crippen LogP contribution in [0.15, 0.2) is 213 Å². The highest BCUT2D eigenvalue weighted by atomic mass is 15.0. The van der Waals surface area contributed by atoms with E-state index in [0.29, 0.717) is 11.8 Å². The second kappa shape index (κ2) is 13.5. The van der Waals surface area contributed by atoms with E-state index in [1.807, 2.05) is 6.20 Å². The zero-order valence-electron chi connectivity index (χ0n) is 32.2. The molecule has 0 spiro atoms. The van der Waals surface area contributed by atoms with E-state index in [1.165, 1.54) is 54.8 Å². The maximum Gasteiger partial charge on any atom is 0.0979 e. The molecule has 2 aliphatic carbocycles. The highest BCUT2D eigenvalue weighted by Gasteiger charge is 2.20. The minimum atomic E-state index is 0.406. The van der Waals surface area contributed by atoms with Crippen molar-refractivity contribution in [1.29, 1.82) is 0 Å². The van der Waals surface area contributed by atoms with Crippen molar-refractivity contribution in [3.63, 3.8) is 0 Å². The number of aromatic nitrogens is 3. The third-order valence-corrected chi connectivity index (χ3v) is 12.3. The first-order valence-electron chi connectivity index (χ1n) is 20.4. The fourth-order valence-corrected chi connectivity index (χ4v) is 9.42. The highest BCUT2D eigenvalue weighted by Crippen LogP contribution is 2.39. The van der Waals surface area contributed by atoms with Gasteiger partial charge in [-0.2, -0.15) is 0 Å². The summed E-state index contributed by atoms with van der Waals surface area (Å²) in [6, 6.07) is 59.2. The first kappa shape index (κ1) is 33.5. The summed E-state index contributed by atoms with van der Waals surface area (Å²) in [4.78, 5) is 10.3. The first-order valence-corrected chi connectivity index (χ1v) is 20.4. The predicted molar refractivity (Wildman–Crippen MR) is 248 cm³/mol. The van der Waals surface area contributed by atoms with E-state index in [9.17, 15) is 0 Å². The number of hydrogen-bond donors (Lipinski definition) is 0. The van der Waals surface area contributed by atoms with Gasteiger partial charge < -0.3 is 4.57 Å². The molecule has 0 fully saturated rings. The summed E-state index contributed by atoms with van der Waals surface area (Å²) in [5.74, 6) is 0.851. The summed E-state index contributed by atoms with van der Waals surface area (Å²) >= 11 is 0. The van der Waals surface area contributed by atoms with Crippen molar-refractivity contribution in [1.82, 2.24) is 14.5 Å². The Labute approximate surface area is 342 Å². The van der Waals surface area contributed by atoms with Gasteiger partial charge in [0, 0.05) is 44.6 Å². The van der Waals surface area contributed by atoms with Gasteiger partial charge in [0.05, 0.1) is 34.0 Å². The first-order chi connectivity index (χ1) is 29.2. The number of para-hydroxylation sites is 1. The number of allylic oxidation sites excluding steroid dienone is 8. The van der Waals surface area contributed by atoms with Gasteiger partial charge in [-0.1, -0.05) is 164 Å². The molecule has 2 atom stereocenters. The number of rotatable bonds is 5. The maximum absolute atomic E-state index is 5.27. The molecule has 2 aromatic heterocycles. The average Bonchev–Trinajstić information content (AvgIpc) is 3.65. The monoisotopic (exact) mass is 751 g/mol. The Morgan fingerprint density at radius 3 is 1.76 bits per heavy atom. The Hall–Kier alpha value is -7.62. The van der Waals surface area contributed by atoms with Crippen LogP contribution in [0, 0.1) is 11.8 Å². The van der Waals surface area contributed by atoms with E-state index >= 15 is 0 Å². The van der Waals surface area contributed by atoms with Crippen molar-refractivity contribution >= 4 is 60.0 Å². The summed E-state index contributed by atoms with van der Waals surface area (Å²) < 4.78 is 2.41. The average molecular weight is 752 g/mol. The molecule has 0 N–H and O–H groups in total. The molecule has 2 heterocycles. The Bertz CT molecular complexity index is 3430. The van der Waals surface area contributed by atoms with Crippen LogP contribution in [-0.4, -0.2) is 14.5 Å². The zero-order valence-corrected chi connectivity index (χ0v) is 32.2. The van der Waals surface area contributed by atoms with Crippen molar-refractivity contribution in [3.8, 4) is 39.2 Å². The van der Waals surface area contributed by atoms with Crippen LogP contribution in [0.2, 0.25) is 0 Å². The summed E-state index contributed by atoms with van der Waals surface area (Å²) in [6.45, 7) is 0. The Morgan fingerprint density at radius 2 is 1.00 bits per heavy atom. The molecule has 0 aliphatic heterocycles. The van der Waals surface area contributed by atoms with Gasteiger partial charge in [0.15, 0.2) is 0 Å². The number of hydrogen-bond acceptors (Lipinski definition) is 2. The lowest BCUT2D eigenvalue weighted by Gasteiger charge is -2.23. The van der Waals surface area contributed by atoms with Crippen LogP contribution < -0.4 is 0 Å². The molecule has 8 aromatic carbocycles. The lowest BCUT2D eigenvalue weighted by Crippen LogP contribution is -2.11. The summed E-state index contributed by atoms with van der Waals surface area (Å²) in [5, 5.41) is 7.16. The largest absolute Gasteiger partial charge is 0.309 e. The third kappa shape index (κ3) is 5.58. The summed E-state index contributed by atoms with van der Waals surface area (Å²) in [5.41, 5.74) is 14.5. The van der Waals surface area contributed by atoms with Crippen LogP contribution in [0.4, 0.5) is 0 Å². The lowest BCUT2D eigenvalue weighted by atomic mass is 9.81. The molecule has 59 heavy (non-hydrogen) atoms. The highest BCUT2D eigenvalue weighted by molar-refractivity contribution is 6.23. The fraction of sp³-hybridized carbons (Fsp3) is 0.0357. The van der Waals surface area contributed by atoms with Crippen LogP contribution in [0.3, 0.4) is 0 Å². The Morgan fingerprint density at radius 1 is 0.407 bits per heavy atom. The van der Waals surface area contributed by atoms with Gasteiger partial charge in [-0.3, -0.25) is 4.98 Å². The van der Waals surface area contributed by atoms with Crippen LogP contribution in [-0.2, 0) is 0 Å². The van der Waals surface area contributed by atoms with Gasteiger partial charge in [0.1, 0.15) is 0 Å². The molecule has 3 heteroatoms. The van der Waals surface area contributed by atoms with Gasteiger partial charge in [0.25, 0.3) is 0 Å². The smallest absolute Gasteiger partial charge is 0.0979 e. The maximum atomic E-state index is 5.27. The minimum absolute atomic E-state index is 0.406. The van der Waals surface area contributed by atoms with Gasteiger partial charge in [-0.05, 0) is 86.6 Å². The molecule has 3 nitrogen and oxygen atoms in total. The summed E-state index contributed by atoms with van der Waals surface area (Å²) in [6.07, 6.45) is 17.9. The molecule has 12 rings (SSSR count). The Balaban J connectivity index is 0.905. The minimum Gasteiger partial charge on any atom is -0.309 e. The van der Waals surface area contributed by atoms with Gasteiger partial charge in [0.2, 0.25) is 0 Å². The van der Waals surface area contributed by atoms with E-state index < -0.39 is 0 Å². The van der Waals surface area contributed by atoms with Crippen molar-refractivity contribution in [2.75, 3.05) is 0 Å². The van der Waals surface area contributed by atoms with Crippen molar-refractivity contribution in [2.45, 2.75) is 0 Å².